The Balaban J connectivity index is 2.40. The van der Waals surface area contributed by atoms with E-state index in [1.807, 2.05) is 11.9 Å². The van der Waals surface area contributed by atoms with Gasteiger partial charge >= 0.3 is 0 Å². The van der Waals surface area contributed by atoms with Gasteiger partial charge in [0.25, 0.3) is 0 Å². The molecule has 0 radical (unpaired) electrons. The van der Waals surface area contributed by atoms with E-state index in [4.69, 9.17) is 4.74 Å². The van der Waals surface area contributed by atoms with Gasteiger partial charge in [0.05, 0.1) is 6.10 Å². The fourth-order valence-electron chi connectivity index (χ4n) is 1.87. The highest BCUT2D eigenvalue weighted by atomic mass is 16.5. The SMILES string of the molecule is COCCCCN(C)CC(O)c1ccc(O)c(O)c1. The maximum atomic E-state index is 10.0. The van der Waals surface area contributed by atoms with Crippen molar-refractivity contribution in [3.63, 3.8) is 0 Å². The van der Waals surface area contributed by atoms with Crippen molar-refractivity contribution in [1.82, 2.24) is 4.90 Å². The Morgan fingerprint density at radius 1 is 1.21 bits per heavy atom. The smallest absolute Gasteiger partial charge is 0.157 e. The van der Waals surface area contributed by atoms with Crippen LogP contribution in [0.1, 0.15) is 24.5 Å². The first kappa shape index (κ1) is 15.8. The molecule has 0 fully saturated rings. The number of hydrogen-bond acceptors (Lipinski definition) is 5. The third-order valence-corrected chi connectivity index (χ3v) is 3.01. The zero-order valence-corrected chi connectivity index (χ0v) is 11.5. The molecule has 1 rings (SSSR count). The maximum absolute atomic E-state index is 10.0. The predicted molar refractivity (Wildman–Crippen MR) is 73.3 cm³/mol. The third-order valence-electron chi connectivity index (χ3n) is 3.01. The van der Waals surface area contributed by atoms with E-state index < -0.39 is 6.10 Å². The summed E-state index contributed by atoms with van der Waals surface area (Å²) in [7, 11) is 3.63. The van der Waals surface area contributed by atoms with E-state index in [9.17, 15) is 15.3 Å². The first-order chi connectivity index (χ1) is 9.04. The van der Waals surface area contributed by atoms with Crippen LogP contribution in [-0.4, -0.2) is 54.1 Å². The van der Waals surface area contributed by atoms with Crippen molar-refractivity contribution in [2.45, 2.75) is 18.9 Å². The number of ether oxygens (including phenoxy) is 1. The van der Waals surface area contributed by atoms with Crippen LogP contribution in [0.15, 0.2) is 18.2 Å². The molecule has 0 saturated carbocycles. The molecule has 1 aromatic rings. The summed E-state index contributed by atoms with van der Waals surface area (Å²) >= 11 is 0. The minimum atomic E-state index is -0.682. The molecular weight excluding hydrogens is 246 g/mol. The molecule has 5 nitrogen and oxygen atoms in total. The van der Waals surface area contributed by atoms with Gasteiger partial charge in [-0.1, -0.05) is 6.07 Å². The third kappa shape index (κ3) is 5.46. The summed E-state index contributed by atoms with van der Waals surface area (Å²) in [6.07, 6.45) is 1.33. The second-order valence-electron chi connectivity index (χ2n) is 4.73. The monoisotopic (exact) mass is 269 g/mol. The van der Waals surface area contributed by atoms with Gasteiger partial charge in [0, 0.05) is 20.3 Å². The summed E-state index contributed by atoms with van der Waals surface area (Å²) in [5.74, 6) is -0.386. The van der Waals surface area contributed by atoms with Crippen LogP contribution in [0.5, 0.6) is 11.5 Å². The minimum absolute atomic E-state index is 0.177. The lowest BCUT2D eigenvalue weighted by Gasteiger charge is -2.20. The molecule has 0 amide bonds. The van der Waals surface area contributed by atoms with Crippen molar-refractivity contribution in [2.75, 3.05) is 33.9 Å². The van der Waals surface area contributed by atoms with Crippen LogP contribution in [0.4, 0.5) is 0 Å². The molecule has 1 aromatic carbocycles. The molecular formula is C14H23NO4. The number of hydrogen-bond donors (Lipinski definition) is 3. The summed E-state index contributed by atoms with van der Waals surface area (Å²) in [6.45, 7) is 2.11. The van der Waals surface area contributed by atoms with Crippen LogP contribution in [0.25, 0.3) is 0 Å². The lowest BCUT2D eigenvalue weighted by atomic mass is 10.1. The summed E-state index contributed by atoms with van der Waals surface area (Å²) in [5, 5.41) is 28.7. The maximum Gasteiger partial charge on any atom is 0.157 e. The summed E-state index contributed by atoms with van der Waals surface area (Å²) in [4.78, 5) is 2.03. The highest BCUT2D eigenvalue weighted by Crippen LogP contribution is 2.27. The van der Waals surface area contributed by atoms with E-state index >= 15 is 0 Å². The summed E-state index contributed by atoms with van der Waals surface area (Å²) in [6, 6.07) is 4.38. The zero-order valence-electron chi connectivity index (χ0n) is 11.5. The molecule has 0 aromatic heterocycles. The van der Waals surface area contributed by atoms with Crippen LogP contribution in [-0.2, 0) is 4.74 Å². The molecule has 0 aliphatic heterocycles. The number of phenols is 2. The lowest BCUT2D eigenvalue weighted by Crippen LogP contribution is -2.25. The van der Waals surface area contributed by atoms with Crippen LogP contribution in [0.2, 0.25) is 0 Å². The van der Waals surface area contributed by atoms with Crippen LogP contribution >= 0.6 is 0 Å². The molecule has 0 aliphatic rings. The van der Waals surface area contributed by atoms with Crippen molar-refractivity contribution in [2.24, 2.45) is 0 Å². The van der Waals surface area contributed by atoms with Gasteiger partial charge in [-0.3, -0.25) is 0 Å². The fourth-order valence-corrected chi connectivity index (χ4v) is 1.87. The molecule has 0 heterocycles. The molecule has 5 heteroatoms. The van der Waals surface area contributed by atoms with E-state index in [0.29, 0.717) is 12.1 Å². The number of aromatic hydroxyl groups is 2. The van der Waals surface area contributed by atoms with E-state index in [1.165, 1.54) is 12.1 Å². The Morgan fingerprint density at radius 2 is 1.95 bits per heavy atom. The van der Waals surface area contributed by atoms with E-state index in [0.717, 1.165) is 26.0 Å². The van der Waals surface area contributed by atoms with E-state index in [2.05, 4.69) is 0 Å². The fraction of sp³-hybridized carbons (Fsp3) is 0.571. The molecule has 0 spiro atoms. The molecule has 0 saturated heterocycles. The molecule has 1 atom stereocenters. The second kappa shape index (κ2) is 7.99. The average molecular weight is 269 g/mol. The first-order valence-corrected chi connectivity index (χ1v) is 6.42. The van der Waals surface area contributed by atoms with Crippen LogP contribution in [0.3, 0.4) is 0 Å². The normalized spacial score (nSPS) is 12.8. The van der Waals surface area contributed by atoms with Crippen molar-refractivity contribution in [1.29, 1.82) is 0 Å². The largest absolute Gasteiger partial charge is 0.504 e. The number of unbranched alkanes of at least 4 members (excludes halogenated alkanes) is 1. The van der Waals surface area contributed by atoms with Crippen molar-refractivity contribution in [3.8, 4) is 11.5 Å². The quantitative estimate of drug-likeness (QED) is 0.492. The van der Waals surface area contributed by atoms with E-state index in [-0.39, 0.29) is 11.5 Å². The Labute approximate surface area is 114 Å². The van der Waals surface area contributed by atoms with Gasteiger partial charge in [-0.05, 0) is 44.1 Å². The van der Waals surface area contributed by atoms with Gasteiger partial charge in [0.15, 0.2) is 11.5 Å². The molecule has 0 bridgehead atoms. The van der Waals surface area contributed by atoms with Crippen molar-refractivity contribution >= 4 is 0 Å². The van der Waals surface area contributed by atoms with Gasteiger partial charge < -0.3 is 25.0 Å². The van der Waals surface area contributed by atoms with Gasteiger partial charge in [-0.25, -0.2) is 0 Å². The van der Waals surface area contributed by atoms with Gasteiger partial charge in [-0.2, -0.15) is 0 Å². The van der Waals surface area contributed by atoms with Crippen molar-refractivity contribution in [3.05, 3.63) is 23.8 Å². The molecule has 1 unspecified atom stereocenters. The molecule has 0 aliphatic carbocycles. The zero-order chi connectivity index (χ0) is 14.3. The van der Waals surface area contributed by atoms with Gasteiger partial charge in [0.2, 0.25) is 0 Å². The number of nitrogens with zero attached hydrogens (tertiary/aromatic N) is 1. The first-order valence-electron chi connectivity index (χ1n) is 6.42. The number of benzene rings is 1. The lowest BCUT2D eigenvalue weighted by molar-refractivity contribution is 0.123. The molecule has 3 N–H and O–H groups in total. The van der Waals surface area contributed by atoms with Gasteiger partial charge in [-0.15, -0.1) is 0 Å². The van der Waals surface area contributed by atoms with Crippen LogP contribution in [0, 0.1) is 0 Å². The number of likely N-dealkylation sites (N-methyl/N-ethyl adjacent to an activating group) is 1. The Kier molecular flexibility index (Phi) is 6.62. The Morgan fingerprint density at radius 3 is 2.58 bits per heavy atom. The summed E-state index contributed by atoms with van der Waals surface area (Å²) < 4.78 is 4.98. The Bertz CT molecular complexity index is 384. The van der Waals surface area contributed by atoms with Gasteiger partial charge in [0.1, 0.15) is 0 Å². The second-order valence-corrected chi connectivity index (χ2v) is 4.73. The predicted octanol–water partition coefficient (Wildman–Crippen LogP) is 1.49. The number of rotatable bonds is 8. The highest BCUT2D eigenvalue weighted by molar-refractivity contribution is 5.41. The molecule has 108 valence electrons. The topological polar surface area (TPSA) is 73.2 Å². The number of aliphatic hydroxyl groups is 1. The van der Waals surface area contributed by atoms with Crippen molar-refractivity contribution < 1.29 is 20.1 Å². The Hall–Kier alpha value is -1.30. The van der Waals surface area contributed by atoms with Crippen LogP contribution < -0.4 is 0 Å². The standard InChI is InChI=1S/C14H23NO4/c1-15(7-3-4-8-19-2)10-14(18)11-5-6-12(16)13(17)9-11/h5-6,9,14,16-18H,3-4,7-8,10H2,1-2H3. The van der Waals surface area contributed by atoms with E-state index in [1.54, 1.807) is 13.2 Å². The number of phenolic OH excluding ortho intramolecular Hbond substituents is 2. The molecule has 19 heavy (non-hydrogen) atoms. The number of aliphatic hydroxyl groups excluding tert-OH is 1. The minimum Gasteiger partial charge on any atom is -0.504 e. The average Bonchev–Trinajstić information content (AvgIpc) is 2.38. The highest BCUT2D eigenvalue weighted by Gasteiger charge is 2.12. The number of methoxy groups -OCH3 is 1. The summed E-state index contributed by atoms with van der Waals surface area (Å²) in [5.41, 5.74) is 0.596.